The summed E-state index contributed by atoms with van der Waals surface area (Å²) in [4.78, 5) is 0. The van der Waals surface area contributed by atoms with E-state index in [4.69, 9.17) is 11.6 Å². The molecular formula is C12H14ClF4N. The second-order valence-electron chi connectivity index (χ2n) is 4.02. The number of hydrogen-bond donors (Lipinski definition) is 1. The van der Waals surface area contributed by atoms with Gasteiger partial charge in [-0.3, -0.25) is 0 Å². The maximum Gasteiger partial charge on any atom is 0.389 e. The summed E-state index contributed by atoms with van der Waals surface area (Å²) in [5.74, 6) is -0.565. The maximum absolute atomic E-state index is 13.2. The Balaban J connectivity index is 2.63. The molecule has 0 heterocycles. The van der Waals surface area contributed by atoms with Gasteiger partial charge in [-0.05, 0) is 37.6 Å². The van der Waals surface area contributed by atoms with Crippen LogP contribution >= 0.6 is 11.6 Å². The van der Waals surface area contributed by atoms with Crippen LogP contribution in [0.15, 0.2) is 18.2 Å². The quantitative estimate of drug-likeness (QED) is 0.786. The fraction of sp³-hybridized carbons (Fsp3) is 0.500. The van der Waals surface area contributed by atoms with Gasteiger partial charge in [0.25, 0.3) is 0 Å². The van der Waals surface area contributed by atoms with Gasteiger partial charge in [0, 0.05) is 12.5 Å². The van der Waals surface area contributed by atoms with E-state index in [-0.39, 0.29) is 23.9 Å². The smallest absolute Gasteiger partial charge is 0.313 e. The van der Waals surface area contributed by atoms with E-state index >= 15 is 0 Å². The lowest BCUT2D eigenvalue weighted by molar-refractivity contribution is -0.135. The summed E-state index contributed by atoms with van der Waals surface area (Å²) < 4.78 is 49.3. The molecule has 0 aliphatic carbocycles. The molecule has 0 aliphatic rings. The molecule has 0 aliphatic heterocycles. The number of nitrogens with one attached hydrogen (secondary N) is 1. The highest BCUT2D eigenvalue weighted by atomic mass is 35.5. The molecule has 1 aromatic rings. The molecule has 0 aromatic heterocycles. The van der Waals surface area contributed by atoms with E-state index in [1.54, 1.807) is 13.1 Å². The standard InChI is InChI=1S/C12H14ClF4N/c1-18-11(3-2-6-12(15,16)17)8-4-5-9(13)10(14)7-8/h4-5,7,11,18H,2-3,6H2,1H3. The van der Waals surface area contributed by atoms with E-state index in [9.17, 15) is 17.6 Å². The fourth-order valence-corrected chi connectivity index (χ4v) is 1.83. The number of rotatable bonds is 5. The topological polar surface area (TPSA) is 12.0 Å². The molecule has 0 bridgehead atoms. The number of halogens is 5. The molecule has 1 aromatic carbocycles. The van der Waals surface area contributed by atoms with Crippen LogP contribution in [0.4, 0.5) is 17.6 Å². The predicted octanol–water partition coefficient (Wildman–Crippen LogP) is 4.47. The van der Waals surface area contributed by atoms with E-state index in [0.717, 1.165) is 0 Å². The first kappa shape index (κ1) is 15.2. The van der Waals surface area contributed by atoms with Crippen molar-refractivity contribution >= 4 is 11.6 Å². The van der Waals surface area contributed by atoms with Crippen LogP contribution in [-0.2, 0) is 0 Å². The summed E-state index contributed by atoms with van der Waals surface area (Å²) in [7, 11) is 1.63. The molecule has 0 saturated heterocycles. The molecular weight excluding hydrogens is 270 g/mol. The predicted molar refractivity (Wildman–Crippen MR) is 63.1 cm³/mol. The number of alkyl halides is 3. The minimum absolute atomic E-state index is 0.000742. The Morgan fingerprint density at radius 3 is 2.50 bits per heavy atom. The second kappa shape index (κ2) is 6.38. The van der Waals surface area contributed by atoms with Gasteiger partial charge in [-0.25, -0.2) is 4.39 Å². The third-order valence-corrected chi connectivity index (χ3v) is 2.95. The lowest BCUT2D eigenvalue weighted by Gasteiger charge is -2.17. The SMILES string of the molecule is CNC(CCCC(F)(F)F)c1ccc(Cl)c(F)c1. The van der Waals surface area contributed by atoms with Crippen molar-refractivity contribution in [3.63, 3.8) is 0 Å². The summed E-state index contributed by atoms with van der Waals surface area (Å²) in [6.45, 7) is 0. The van der Waals surface area contributed by atoms with E-state index in [1.165, 1.54) is 12.1 Å². The summed E-state index contributed by atoms with van der Waals surface area (Å²) >= 11 is 5.55. The van der Waals surface area contributed by atoms with Gasteiger partial charge in [0.2, 0.25) is 0 Å². The molecule has 1 N–H and O–H groups in total. The monoisotopic (exact) mass is 283 g/mol. The first-order chi connectivity index (χ1) is 8.33. The van der Waals surface area contributed by atoms with Crippen LogP contribution in [0.2, 0.25) is 5.02 Å². The normalized spacial score (nSPS) is 13.7. The minimum Gasteiger partial charge on any atom is -0.313 e. The molecule has 0 amide bonds. The molecule has 102 valence electrons. The first-order valence-corrected chi connectivity index (χ1v) is 5.90. The minimum atomic E-state index is -4.15. The van der Waals surface area contributed by atoms with E-state index in [0.29, 0.717) is 5.56 Å². The lowest BCUT2D eigenvalue weighted by atomic mass is 10.0. The van der Waals surface area contributed by atoms with Crippen molar-refractivity contribution in [3.8, 4) is 0 Å². The molecule has 0 fully saturated rings. The Hall–Kier alpha value is -0.810. The van der Waals surface area contributed by atoms with Crippen LogP contribution in [0.5, 0.6) is 0 Å². The molecule has 1 unspecified atom stereocenters. The first-order valence-electron chi connectivity index (χ1n) is 5.52. The van der Waals surface area contributed by atoms with E-state index in [2.05, 4.69) is 5.32 Å². The second-order valence-corrected chi connectivity index (χ2v) is 4.43. The fourth-order valence-electron chi connectivity index (χ4n) is 1.71. The van der Waals surface area contributed by atoms with E-state index < -0.39 is 18.4 Å². The van der Waals surface area contributed by atoms with Gasteiger partial charge < -0.3 is 5.32 Å². The van der Waals surface area contributed by atoms with Crippen LogP contribution in [0.3, 0.4) is 0 Å². The Kier molecular flexibility index (Phi) is 5.41. The molecule has 0 spiro atoms. The van der Waals surface area contributed by atoms with Crippen molar-refractivity contribution in [2.45, 2.75) is 31.5 Å². The number of hydrogen-bond acceptors (Lipinski definition) is 1. The Morgan fingerprint density at radius 2 is 2.00 bits per heavy atom. The van der Waals surface area contributed by atoms with Crippen molar-refractivity contribution in [2.24, 2.45) is 0 Å². The van der Waals surface area contributed by atoms with Gasteiger partial charge in [-0.15, -0.1) is 0 Å². The zero-order chi connectivity index (χ0) is 13.8. The third-order valence-electron chi connectivity index (χ3n) is 2.65. The highest BCUT2D eigenvalue weighted by molar-refractivity contribution is 6.30. The molecule has 18 heavy (non-hydrogen) atoms. The van der Waals surface area contributed by atoms with Crippen molar-refractivity contribution in [1.82, 2.24) is 5.32 Å². The largest absolute Gasteiger partial charge is 0.389 e. The Bertz CT molecular complexity index is 392. The Morgan fingerprint density at radius 1 is 1.33 bits per heavy atom. The van der Waals surface area contributed by atoms with Gasteiger partial charge in [-0.2, -0.15) is 13.2 Å². The molecule has 1 nitrogen and oxygen atoms in total. The highest BCUT2D eigenvalue weighted by Gasteiger charge is 2.26. The van der Waals surface area contributed by atoms with Crippen LogP contribution in [0, 0.1) is 5.82 Å². The molecule has 6 heteroatoms. The zero-order valence-electron chi connectivity index (χ0n) is 9.82. The van der Waals surface area contributed by atoms with Gasteiger partial charge >= 0.3 is 6.18 Å². The zero-order valence-corrected chi connectivity index (χ0v) is 10.6. The summed E-state index contributed by atoms with van der Waals surface area (Å²) in [6.07, 6.45) is -4.69. The average Bonchev–Trinajstić information content (AvgIpc) is 2.27. The van der Waals surface area contributed by atoms with Crippen molar-refractivity contribution in [3.05, 3.63) is 34.6 Å². The van der Waals surface area contributed by atoms with Gasteiger partial charge in [0.1, 0.15) is 5.82 Å². The molecule has 1 atom stereocenters. The molecule has 0 radical (unpaired) electrons. The van der Waals surface area contributed by atoms with E-state index in [1.807, 2.05) is 0 Å². The average molecular weight is 284 g/mol. The van der Waals surface area contributed by atoms with Crippen molar-refractivity contribution < 1.29 is 17.6 Å². The molecule has 1 rings (SSSR count). The molecule has 0 saturated carbocycles. The summed E-state index contributed by atoms with van der Waals surface area (Å²) in [5, 5.41) is 2.88. The third kappa shape index (κ3) is 4.82. The van der Waals surface area contributed by atoms with Gasteiger partial charge in [-0.1, -0.05) is 17.7 Å². The maximum atomic E-state index is 13.2. The van der Waals surface area contributed by atoms with Gasteiger partial charge in [0.15, 0.2) is 0 Å². The van der Waals surface area contributed by atoms with Crippen LogP contribution in [-0.4, -0.2) is 13.2 Å². The highest BCUT2D eigenvalue weighted by Crippen LogP contribution is 2.27. The van der Waals surface area contributed by atoms with Crippen LogP contribution in [0.1, 0.15) is 30.9 Å². The van der Waals surface area contributed by atoms with Crippen molar-refractivity contribution in [1.29, 1.82) is 0 Å². The number of benzene rings is 1. The lowest BCUT2D eigenvalue weighted by Crippen LogP contribution is -2.17. The Labute approximate surface area is 108 Å². The van der Waals surface area contributed by atoms with Crippen molar-refractivity contribution in [2.75, 3.05) is 7.05 Å². The van der Waals surface area contributed by atoms with Crippen LogP contribution < -0.4 is 5.32 Å². The van der Waals surface area contributed by atoms with Gasteiger partial charge in [0.05, 0.1) is 5.02 Å². The van der Waals surface area contributed by atoms with Crippen LogP contribution in [0.25, 0.3) is 0 Å². The summed E-state index contributed by atoms with van der Waals surface area (Å²) in [6, 6.07) is 3.96. The summed E-state index contributed by atoms with van der Waals surface area (Å²) in [5.41, 5.74) is 0.599.